The second kappa shape index (κ2) is 9.47. The van der Waals surface area contributed by atoms with Crippen LogP contribution in [0, 0.1) is 5.82 Å². The Kier molecular flexibility index (Phi) is 7.29. The van der Waals surface area contributed by atoms with Gasteiger partial charge in [-0.25, -0.2) is 4.39 Å². The number of benzene rings is 1. The highest BCUT2D eigenvalue weighted by atomic mass is 19.1. The average molecular weight is 322 g/mol. The minimum absolute atomic E-state index is 0.146. The zero-order valence-corrected chi connectivity index (χ0v) is 14.0. The number of likely N-dealkylation sites (N-methyl/N-ethyl adjacent to an activating group) is 1. The molecule has 5 nitrogen and oxygen atoms in total. The molecular formula is C17H27FN4O. The average Bonchev–Trinajstić information content (AvgIpc) is 2.53. The molecule has 1 atom stereocenters. The lowest BCUT2D eigenvalue weighted by molar-refractivity contribution is -0.0136. The third kappa shape index (κ3) is 6.54. The van der Waals surface area contributed by atoms with E-state index in [2.05, 4.69) is 27.6 Å². The number of hydrogen-bond donors (Lipinski definition) is 2. The molecule has 2 rings (SSSR count). The largest absolute Gasteiger partial charge is 0.374 e. The first-order valence-corrected chi connectivity index (χ1v) is 8.24. The van der Waals surface area contributed by atoms with Crippen LogP contribution in [-0.2, 0) is 11.2 Å². The van der Waals surface area contributed by atoms with Crippen molar-refractivity contribution >= 4 is 5.96 Å². The highest BCUT2D eigenvalue weighted by Crippen LogP contribution is 2.04. The summed E-state index contributed by atoms with van der Waals surface area (Å²) >= 11 is 0. The molecule has 128 valence electrons. The maximum atomic E-state index is 13.2. The van der Waals surface area contributed by atoms with Gasteiger partial charge < -0.3 is 20.3 Å². The molecule has 1 unspecified atom stereocenters. The van der Waals surface area contributed by atoms with Gasteiger partial charge in [-0.05, 0) is 38.1 Å². The first-order chi connectivity index (χ1) is 11.2. The molecule has 0 radical (unpaired) electrons. The Morgan fingerprint density at radius 1 is 1.43 bits per heavy atom. The third-order valence-corrected chi connectivity index (χ3v) is 3.73. The summed E-state index contributed by atoms with van der Waals surface area (Å²) in [5.41, 5.74) is 0.977. The summed E-state index contributed by atoms with van der Waals surface area (Å²) in [6.07, 6.45) is 0.901. The van der Waals surface area contributed by atoms with E-state index in [-0.39, 0.29) is 11.9 Å². The van der Waals surface area contributed by atoms with Crippen molar-refractivity contribution in [2.45, 2.75) is 19.4 Å². The molecule has 0 aliphatic carbocycles. The highest BCUT2D eigenvalue weighted by Gasteiger charge is 2.17. The zero-order valence-electron chi connectivity index (χ0n) is 14.0. The van der Waals surface area contributed by atoms with Crippen molar-refractivity contribution in [3.8, 4) is 0 Å². The Labute approximate surface area is 137 Å². The molecule has 1 heterocycles. The molecule has 1 aromatic carbocycles. The molecule has 1 fully saturated rings. The Morgan fingerprint density at radius 2 is 2.30 bits per heavy atom. The standard InChI is InChI=1S/C17H27FN4O/c1-3-19-17(21-12-16-13-22(2)9-10-23-16)20-8-7-14-5-4-6-15(18)11-14/h4-6,11,16H,3,7-10,12-13H2,1-2H3,(H2,19,20,21). The molecule has 1 aliphatic heterocycles. The van der Waals surface area contributed by atoms with Gasteiger partial charge in [0.25, 0.3) is 0 Å². The van der Waals surface area contributed by atoms with E-state index in [1.807, 2.05) is 13.0 Å². The van der Waals surface area contributed by atoms with Crippen LogP contribution in [0.3, 0.4) is 0 Å². The minimum Gasteiger partial charge on any atom is -0.374 e. The van der Waals surface area contributed by atoms with E-state index in [9.17, 15) is 4.39 Å². The number of morpholine rings is 1. The van der Waals surface area contributed by atoms with E-state index in [1.54, 1.807) is 12.1 Å². The number of nitrogens with one attached hydrogen (secondary N) is 2. The van der Waals surface area contributed by atoms with Gasteiger partial charge in [0, 0.05) is 26.2 Å². The van der Waals surface area contributed by atoms with Gasteiger partial charge in [0.2, 0.25) is 0 Å². The summed E-state index contributed by atoms with van der Waals surface area (Å²) in [5.74, 6) is 0.586. The fourth-order valence-electron chi connectivity index (χ4n) is 2.53. The second-order valence-electron chi connectivity index (χ2n) is 5.78. The van der Waals surface area contributed by atoms with Gasteiger partial charge in [0.1, 0.15) is 5.82 Å². The molecular weight excluding hydrogens is 295 g/mol. The normalized spacial score (nSPS) is 19.6. The second-order valence-corrected chi connectivity index (χ2v) is 5.78. The molecule has 0 aromatic heterocycles. The van der Waals surface area contributed by atoms with Gasteiger partial charge >= 0.3 is 0 Å². The van der Waals surface area contributed by atoms with Crippen LogP contribution in [0.5, 0.6) is 0 Å². The number of hydrogen-bond acceptors (Lipinski definition) is 3. The first kappa shape index (κ1) is 17.7. The Morgan fingerprint density at radius 3 is 3.04 bits per heavy atom. The van der Waals surface area contributed by atoms with Crippen molar-refractivity contribution in [3.05, 3.63) is 35.6 Å². The van der Waals surface area contributed by atoms with Crippen LogP contribution in [0.2, 0.25) is 0 Å². The number of halogens is 1. The van der Waals surface area contributed by atoms with Crippen molar-refractivity contribution in [1.82, 2.24) is 15.5 Å². The van der Waals surface area contributed by atoms with Gasteiger partial charge in [-0.3, -0.25) is 4.99 Å². The van der Waals surface area contributed by atoms with Crippen molar-refractivity contribution < 1.29 is 9.13 Å². The van der Waals surface area contributed by atoms with Crippen molar-refractivity contribution in [3.63, 3.8) is 0 Å². The maximum absolute atomic E-state index is 13.2. The Balaban J connectivity index is 1.79. The van der Waals surface area contributed by atoms with Crippen LogP contribution in [0.15, 0.2) is 29.3 Å². The number of rotatable bonds is 6. The van der Waals surface area contributed by atoms with Crippen molar-refractivity contribution in [1.29, 1.82) is 0 Å². The van der Waals surface area contributed by atoms with Crippen LogP contribution < -0.4 is 10.6 Å². The van der Waals surface area contributed by atoms with Gasteiger partial charge in [-0.1, -0.05) is 12.1 Å². The van der Waals surface area contributed by atoms with Crippen molar-refractivity contribution in [2.75, 3.05) is 46.4 Å². The number of ether oxygens (including phenoxy) is 1. The monoisotopic (exact) mass is 322 g/mol. The number of nitrogens with zero attached hydrogens (tertiary/aromatic N) is 2. The molecule has 23 heavy (non-hydrogen) atoms. The number of guanidine groups is 1. The van der Waals surface area contributed by atoms with Crippen LogP contribution in [-0.4, -0.2) is 63.3 Å². The minimum atomic E-state index is -0.193. The van der Waals surface area contributed by atoms with E-state index in [0.717, 1.165) is 44.2 Å². The first-order valence-electron chi connectivity index (χ1n) is 8.24. The Hall–Kier alpha value is -1.66. The van der Waals surface area contributed by atoms with Crippen LogP contribution >= 0.6 is 0 Å². The molecule has 0 bridgehead atoms. The van der Waals surface area contributed by atoms with Gasteiger partial charge in [-0.2, -0.15) is 0 Å². The van der Waals surface area contributed by atoms with Gasteiger partial charge in [0.05, 0.1) is 19.3 Å². The molecule has 1 saturated heterocycles. The third-order valence-electron chi connectivity index (χ3n) is 3.73. The quantitative estimate of drug-likeness (QED) is 0.611. The van der Waals surface area contributed by atoms with E-state index in [4.69, 9.17) is 4.74 Å². The summed E-state index contributed by atoms with van der Waals surface area (Å²) in [6.45, 7) is 6.84. The van der Waals surface area contributed by atoms with Crippen LogP contribution in [0.1, 0.15) is 12.5 Å². The lowest BCUT2D eigenvalue weighted by atomic mass is 10.1. The predicted molar refractivity (Wildman–Crippen MR) is 91.3 cm³/mol. The summed E-state index contributed by atoms with van der Waals surface area (Å²) in [7, 11) is 2.10. The zero-order chi connectivity index (χ0) is 16.5. The molecule has 2 N–H and O–H groups in total. The molecule has 1 aromatic rings. The van der Waals surface area contributed by atoms with E-state index >= 15 is 0 Å². The summed E-state index contributed by atoms with van der Waals surface area (Å²) in [4.78, 5) is 6.85. The van der Waals surface area contributed by atoms with E-state index in [0.29, 0.717) is 13.1 Å². The number of aliphatic imine (C=N–C) groups is 1. The highest BCUT2D eigenvalue weighted by molar-refractivity contribution is 5.79. The lowest BCUT2D eigenvalue weighted by Crippen LogP contribution is -2.43. The Bertz CT molecular complexity index is 509. The molecule has 1 aliphatic rings. The maximum Gasteiger partial charge on any atom is 0.191 e. The lowest BCUT2D eigenvalue weighted by Gasteiger charge is -2.29. The molecule has 0 amide bonds. The van der Waals surface area contributed by atoms with E-state index in [1.165, 1.54) is 6.07 Å². The van der Waals surface area contributed by atoms with E-state index < -0.39 is 0 Å². The molecule has 0 spiro atoms. The summed E-state index contributed by atoms with van der Waals surface area (Å²) in [5, 5.41) is 6.51. The van der Waals surface area contributed by atoms with Gasteiger partial charge in [-0.15, -0.1) is 0 Å². The smallest absolute Gasteiger partial charge is 0.191 e. The summed E-state index contributed by atoms with van der Waals surface area (Å²) in [6, 6.07) is 6.70. The van der Waals surface area contributed by atoms with Crippen molar-refractivity contribution in [2.24, 2.45) is 4.99 Å². The van der Waals surface area contributed by atoms with Gasteiger partial charge in [0.15, 0.2) is 5.96 Å². The summed E-state index contributed by atoms with van der Waals surface area (Å²) < 4.78 is 18.9. The fraction of sp³-hybridized carbons (Fsp3) is 0.588. The molecule has 6 heteroatoms. The molecule has 0 saturated carbocycles. The SMILES string of the molecule is CCNC(=NCC1CN(C)CCO1)NCCc1cccc(F)c1. The predicted octanol–water partition coefficient (Wildman–Crippen LogP) is 1.25. The fourth-order valence-corrected chi connectivity index (χ4v) is 2.53. The topological polar surface area (TPSA) is 48.9 Å². The van der Waals surface area contributed by atoms with Crippen LogP contribution in [0.4, 0.5) is 4.39 Å². The van der Waals surface area contributed by atoms with Crippen LogP contribution in [0.25, 0.3) is 0 Å².